The van der Waals surface area contributed by atoms with E-state index in [1.807, 2.05) is 12.1 Å². The van der Waals surface area contributed by atoms with E-state index in [1.165, 1.54) is 16.7 Å². The molecule has 6 atom stereocenters. The number of benzene rings is 2. The highest BCUT2D eigenvalue weighted by Crippen LogP contribution is 2.65. The molecule has 2 fully saturated rings. The summed E-state index contributed by atoms with van der Waals surface area (Å²) < 4.78 is 6.02. The predicted molar refractivity (Wildman–Crippen MR) is 149 cm³/mol. The van der Waals surface area contributed by atoms with Crippen LogP contribution in [-0.2, 0) is 11.2 Å². The molecule has 1 amide bonds. The Morgan fingerprint density at radius 1 is 1.11 bits per heavy atom. The third kappa shape index (κ3) is 5.42. The summed E-state index contributed by atoms with van der Waals surface area (Å²) in [5, 5.41) is 24.4. The maximum absolute atomic E-state index is 11.3. The molecule has 0 aromatic heterocycles. The van der Waals surface area contributed by atoms with Gasteiger partial charge in [0.25, 0.3) is 0 Å². The van der Waals surface area contributed by atoms with E-state index in [9.17, 15) is 15.0 Å². The minimum absolute atomic E-state index is 0.0300. The number of unbranched alkanes of at least 4 members (excludes halogenated alkanes) is 2. The average molecular weight is 571 g/mol. The predicted octanol–water partition coefficient (Wildman–Crippen LogP) is 6.06. The van der Waals surface area contributed by atoms with Crippen molar-refractivity contribution in [3.05, 3.63) is 59.2 Å². The molecule has 3 aliphatic carbocycles. The number of carbonyl (C=O) groups is 1. The van der Waals surface area contributed by atoms with E-state index >= 15 is 0 Å². The summed E-state index contributed by atoms with van der Waals surface area (Å²) in [6, 6.07) is 14.6. The Morgan fingerprint density at radius 3 is 2.70 bits per heavy atom. The number of hydrogen-bond acceptors (Lipinski definition) is 4. The highest BCUT2D eigenvalue weighted by Gasteiger charge is 2.57. The fourth-order valence-electron chi connectivity index (χ4n) is 7.67. The van der Waals surface area contributed by atoms with E-state index in [2.05, 4.69) is 58.5 Å². The van der Waals surface area contributed by atoms with Crippen LogP contribution >= 0.6 is 15.9 Å². The molecule has 0 heterocycles. The van der Waals surface area contributed by atoms with Crippen LogP contribution in [0.25, 0.3) is 0 Å². The van der Waals surface area contributed by atoms with Crippen molar-refractivity contribution in [1.29, 1.82) is 0 Å². The molecule has 3 unspecified atom stereocenters. The van der Waals surface area contributed by atoms with Crippen LogP contribution in [0.1, 0.15) is 80.4 Å². The number of alkyl halides is 1. The number of phenolic OH excluding ortho intramolecular Hbond substituents is 1. The van der Waals surface area contributed by atoms with Gasteiger partial charge in [0.05, 0.1) is 18.0 Å². The number of aryl methyl sites for hydroxylation is 1. The molecular formula is C31H40BrNO4. The first kappa shape index (κ1) is 26.6. The number of fused-ring (bicyclic) bond motifs is 5. The van der Waals surface area contributed by atoms with Crippen LogP contribution in [0.2, 0.25) is 0 Å². The zero-order chi connectivity index (χ0) is 26.0. The second kappa shape index (κ2) is 11.4. The molecule has 37 heavy (non-hydrogen) atoms. The monoisotopic (exact) mass is 569 g/mol. The summed E-state index contributed by atoms with van der Waals surface area (Å²) >= 11 is 3.16. The molecule has 2 aromatic carbocycles. The largest absolute Gasteiger partial charge is 0.508 e. The van der Waals surface area contributed by atoms with Crippen molar-refractivity contribution in [3.63, 3.8) is 0 Å². The number of aliphatic hydroxyl groups excluding tert-OH is 1. The fourth-order valence-corrected chi connectivity index (χ4v) is 7.87. The first-order chi connectivity index (χ1) is 17.9. The highest BCUT2D eigenvalue weighted by molar-refractivity contribution is 9.09. The number of carbonyl (C=O) groups excluding carboxylic acids is 1. The van der Waals surface area contributed by atoms with E-state index in [0.29, 0.717) is 47.9 Å². The lowest BCUT2D eigenvalue weighted by molar-refractivity contribution is -0.118. The smallest absolute Gasteiger partial charge is 0.230 e. The number of amides is 1. The van der Waals surface area contributed by atoms with Gasteiger partial charge in [0, 0.05) is 6.54 Å². The molecular weight excluding hydrogens is 530 g/mol. The van der Waals surface area contributed by atoms with Gasteiger partial charge in [0.15, 0.2) is 0 Å². The Balaban J connectivity index is 1.28. The van der Waals surface area contributed by atoms with E-state index in [0.717, 1.165) is 57.1 Å². The van der Waals surface area contributed by atoms with Crippen molar-refractivity contribution in [3.8, 4) is 11.5 Å². The van der Waals surface area contributed by atoms with Gasteiger partial charge in [-0.3, -0.25) is 4.79 Å². The van der Waals surface area contributed by atoms with Crippen LogP contribution in [0.15, 0.2) is 42.5 Å². The number of aromatic hydroxyl groups is 1. The van der Waals surface area contributed by atoms with E-state index < -0.39 is 0 Å². The molecule has 200 valence electrons. The maximum atomic E-state index is 11.3. The molecule has 0 aliphatic heterocycles. The van der Waals surface area contributed by atoms with Gasteiger partial charge >= 0.3 is 0 Å². The lowest BCUT2D eigenvalue weighted by Gasteiger charge is -2.54. The molecule has 2 aromatic rings. The van der Waals surface area contributed by atoms with Crippen molar-refractivity contribution in [2.24, 2.45) is 17.3 Å². The van der Waals surface area contributed by atoms with Gasteiger partial charge in [-0.25, -0.2) is 0 Å². The molecule has 0 bridgehead atoms. The summed E-state index contributed by atoms with van der Waals surface area (Å²) in [7, 11) is 0. The molecule has 3 N–H and O–H groups in total. The third-order valence-corrected chi connectivity index (χ3v) is 10.0. The topological polar surface area (TPSA) is 78.8 Å². The van der Waals surface area contributed by atoms with Crippen LogP contribution in [0.4, 0.5) is 0 Å². The number of ether oxygens (including phenoxy) is 1. The summed E-state index contributed by atoms with van der Waals surface area (Å²) in [6.45, 7) is 3.70. The molecule has 6 heteroatoms. The lowest BCUT2D eigenvalue weighted by Crippen LogP contribution is -2.47. The van der Waals surface area contributed by atoms with Crippen LogP contribution < -0.4 is 10.1 Å². The van der Waals surface area contributed by atoms with Gasteiger partial charge in [-0.1, -0.05) is 41.1 Å². The number of aliphatic hydroxyl groups is 1. The molecule has 3 aliphatic rings. The van der Waals surface area contributed by atoms with Crippen LogP contribution in [0.5, 0.6) is 11.5 Å². The van der Waals surface area contributed by atoms with Gasteiger partial charge in [0.2, 0.25) is 5.91 Å². The second-order valence-electron chi connectivity index (χ2n) is 11.6. The quantitative estimate of drug-likeness (QED) is 0.253. The van der Waals surface area contributed by atoms with Crippen LogP contribution in [0, 0.1) is 17.3 Å². The number of phenols is 1. The lowest BCUT2D eigenvalue weighted by atomic mass is 9.51. The zero-order valence-electron chi connectivity index (χ0n) is 21.8. The van der Waals surface area contributed by atoms with Crippen molar-refractivity contribution in [2.75, 3.05) is 18.5 Å². The van der Waals surface area contributed by atoms with E-state index in [4.69, 9.17) is 4.74 Å². The van der Waals surface area contributed by atoms with Crippen molar-refractivity contribution >= 4 is 21.8 Å². The van der Waals surface area contributed by atoms with Crippen molar-refractivity contribution < 1.29 is 19.7 Å². The normalized spacial score (nSPS) is 30.2. The van der Waals surface area contributed by atoms with Gasteiger partial charge in [-0.05, 0) is 121 Å². The highest BCUT2D eigenvalue weighted by atomic mass is 79.9. The molecule has 0 radical (unpaired) electrons. The first-order valence-corrected chi connectivity index (χ1v) is 15.1. The zero-order valence-corrected chi connectivity index (χ0v) is 23.4. The minimum Gasteiger partial charge on any atom is -0.508 e. The van der Waals surface area contributed by atoms with Gasteiger partial charge in [-0.2, -0.15) is 0 Å². The molecule has 0 saturated heterocycles. The van der Waals surface area contributed by atoms with Gasteiger partial charge in [-0.15, -0.1) is 0 Å². The van der Waals surface area contributed by atoms with Gasteiger partial charge in [0.1, 0.15) is 11.5 Å². The number of rotatable bonds is 9. The standard InChI is InChI=1S/C31H40BrNO4/c1-31-18-26(20-5-9-23(10-6-20)37-16-4-2-3-15-33-29(36)19-32)30-24-12-8-22(34)17-21(24)7-11-25(30)27(31)13-14-28(31)35/h5-6,8-10,12,17,25-28,30,34-35H,2-4,7,11,13-16,18-19H2,1H3,(H,33,36)/t25?,26-,27?,28+,30?,31+/m1/s1. The van der Waals surface area contributed by atoms with Crippen molar-refractivity contribution in [1.82, 2.24) is 5.32 Å². The van der Waals surface area contributed by atoms with Crippen LogP contribution in [-0.4, -0.2) is 40.7 Å². The summed E-state index contributed by atoms with van der Waals surface area (Å²) in [5.74, 6) is 3.16. The Bertz CT molecular complexity index is 1090. The molecule has 5 nitrogen and oxygen atoms in total. The second-order valence-corrected chi connectivity index (χ2v) is 12.1. The summed E-state index contributed by atoms with van der Waals surface area (Å²) in [6.07, 6.45) is 7.87. The van der Waals surface area contributed by atoms with Crippen molar-refractivity contribution in [2.45, 2.75) is 76.2 Å². The number of nitrogens with one attached hydrogen (secondary N) is 1. The SMILES string of the molecule is C[C@]12C[C@H](c3ccc(OCCCCCNC(=O)CBr)cc3)C3c4ccc(O)cc4CCC3C1CC[C@@H]2O. The summed E-state index contributed by atoms with van der Waals surface area (Å²) in [4.78, 5) is 11.3. The maximum Gasteiger partial charge on any atom is 0.230 e. The first-order valence-electron chi connectivity index (χ1n) is 14.0. The number of hydrogen-bond donors (Lipinski definition) is 3. The molecule has 2 saturated carbocycles. The minimum atomic E-state index is -0.224. The molecule has 5 rings (SSSR count). The van der Waals surface area contributed by atoms with E-state index in [1.54, 1.807) is 0 Å². The van der Waals surface area contributed by atoms with Gasteiger partial charge < -0.3 is 20.3 Å². The van der Waals surface area contributed by atoms with Crippen LogP contribution in [0.3, 0.4) is 0 Å². The Kier molecular flexibility index (Phi) is 8.16. The summed E-state index contributed by atoms with van der Waals surface area (Å²) in [5.41, 5.74) is 3.98. The third-order valence-electron chi connectivity index (χ3n) is 9.51. The molecule has 0 spiro atoms. The number of halogens is 1. The fraction of sp³-hybridized carbons (Fsp3) is 0.581. The Labute approximate surface area is 229 Å². The average Bonchev–Trinajstić information content (AvgIpc) is 3.21. The van der Waals surface area contributed by atoms with E-state index in [-0.39, 0.29) is 17.4 Å². The Hall–Kier alpha value is -2.05. The Morgan fingerprint density at radius 2 is 1.92 bits per heavy atom.